The molecule has 23 heavy (non-hydrogen) atoms. The molecule has 2 aliphatic rings. The minimum atomic E-state index is 0. The molecule has 6 nitrogen and oxygen atoms in total. The summed E-state index contributed by atoms with van der Waals surface area (Å²) in [5.74, 6) is 1.18. The quantitative estimate of drug-likeness (QED) is 0.885. The molecule has 1 aromatic rings. The van der Waals surface area contributed by atoms with Crippen molar-refractivity contribution in [1.29, 1.82) is 0 Å². The first-order chi connectivity index (χ1) is 10.2. The van der Waals surface area contributed by atoms with Gasteiger partial charge in [0, 0.05) is 32.1 Å². The smallest absolute Gasteiger partial charge is 0.222 e. The third-order valence-corrected chi connectivity index (χ3v) is 4.94. The third-order valence-electron chi connectivity index (χ3n) is 4.94. The molecule has 1 saturated heterocycles. The van der Waals surface area contributed by atoms with Gasteiger partial charge < -0.3 is 10.6 Å². The van der Waals surface area contributed by atoms with Gasteiger partial charge in [0.2, 0.25) is 5.91 Å². The number of carbonyl (C=O) groups excluding carboxylic acids is 1. The van der Waals surface area contributed by atoms with Crippen molar-refractivity contribution in [3.05, 3.63) is 12.7 Å². The van der Waals surface area contributed by atoms with Crippen LogP contribution in [0.25, 0.3) is 0 Å². The second kappa shape index (κ2) is 9.45. The lowest BCUT2D eigenvalue weighted by Gasteiger charge is -2.33. The highest BCUT2D eigenvalue weighted by Crippen LogP contribution is 2.28. The van der Waals surface area contributed by atoms with Crippen LogP contribution in [0, 0.1) is 11.8 Å². The Morgan fingerprint density at radius 2 is 2.04 bits per heavy atom. The fourth-order valence-corrected chi connectivity index (χ4v) is 3.70. The van der Waals surface area contributed by atoms with Crippen molar-refractivity contribution >= 4 is 30.7 Å². The number of amides is 1. The molecule has 3 atom stereocenters. The molecule has 1 unspecified atom stereocenters. The van der Waals surface area contributed by atoms with E-state index in [9.17, 15) is 4.79 Å². The minimum Gasteiger partial charge on any atom is -0.342 e. The lowest BCUT2D eigenvalue weighted by molar-refractivity contribution is -0.134. The monoisotopic (exact) mass is 363 g/mol. The molecule has 1 aliphatic heterocycles. The Morgan fingerprint density at radius 3 is 2.70 bits per heavy atom. The van der Waals surface area contributed by atoms with Crippen LogP contribution in [0.2, 0.25) is 0 Å². The predicted octanol–water partition coefficient (Wildman–Crippen LogP) is 1.88. The van der Waals surface area contributed by atoms with Gasteiger partial charge in [-0.3, -0.25) is 9.48 Å². The summed E-state index contributed by atoms with van der Waals surface area (Å²) in [7, 11) is 0. The summed E-state index contributed by atoms with van der Waals surface area (Å²) in [5.41, 5.74) is 6.09. The number of rotatable bonds is 4. The normalized spacial score (nSPS) is 27.2. The Hall–Kier alpha value is -0.850. The zero-order valence-corrected chi connectivity index (χ0v) is 15.0. The van der Waals surface area contributed by atoms with E-state index < -0.39 is 0 Å². The number of hydrogen-bond donors (Lipinski definition) is 1. The second-order valence-corrected chi connectivity index (χ2v) is 6.52. The van der Waals surface area contributed by atoms with Gasteiger partial charge in [0.1, 0.15) is 12.7 Å². The van der Waals surface area contributed by atoms with Gasteiger partial charge in [-0.2, -0.15) is 5.10 Å². The molecule has 1 aromatic heterocycles. The number of likely N-dealkylation sites (tertiary alicyclic amines) is 1. The average Bonchev–Trinajstić information content (AvgIpc) is 3.12. The van der Waals surface area contributed by atoms with Crippen LogP contribution in [0.5, 0.6) is 0 Å². The summed E-state index contributed by atoms with van der Waals surface area (Å²) in [6, 6.07) is 0.227. The zero-order valence-electron chi connectivity index (χ0n) is 13.3. The van der Waals surface area contributed by atoms with Crippen LogP contribution >= 0.6 is 24.8 Å². The highest BCUT2D eigenvalue weighted by Gasteiger charge is 2.30. The highest BCUT2D eigenvalue weighted by molar-refractivity contribution is 5.85. The lowest BCUT2D eigenvalue weighted by atomic mass is 9.95. The molecule has 3 rings (SSSR count). The molecule has 1 aliphatic carbocycles. The van der Waals surface area contributed by atoms with E-state index >= 15 is 0 Å². The van der Waals surface area contributed by atoms with Gasteiger partial charge in [-0.05, 0) is 37.5 Å². The van der Waals surface area contributed by atoms with Gasteiger partial charge in [0.05, 0.1) is 0 Å². The van der Waals surface area contributed by atoms with E-state index in [1.807, 2.05) is 9.58 Å². The van der Waals surface area contributed by atoms with Crippen LogP contribution in [-0.2, 0) is 11.3 Å². The van der Waals surface area contributed by atoms with Crippen molar-refractivity contribution < 1.29 is 4.79 Å². The van der Waals surface area contributed by atoms with Crippen LogP contribution in [0.4, 0.5) is 0 Å². The van der Waals surface area contributed by atoms with Gasteiger partial charge in [-0.1, -0.05) is 6.42 Å². The van der Waals surface area contributed by atoms with Crippen molar-refractivity contribution in [1.82, 2.24) is 19.7 Å². The molecular formula is C15H27Cl2N5O. The summed E-state index contributed by atoms with van der Waals surface area (Å²) < 4.78 is 1.87. The van der Waals surface area contributed by atoms with Gasteiger partial charge in [0.25, 0.3) is 0 Å². The summed E-state index contributed by atoms with van der Waals surface area (Å²) in [5, 5.41) is 4.16. The maximum Gasteiger partial charge on any atom is 0.222 e. The summed E-state index contributed by atoms with van der Waals surface area (Å²) in [4.78, 5) is 18.5. The number of halogens is 2. The fourth-order valence-electron chi connectivity index (χ4n) is 3.70. The van der Waals surface area contributed by atoms with E-state index in [4.69, 9.17) is 5.73 Å². The van der Waals surface area contributed by atoms with E-state index in [0.717, 1.165) is 45.3 Å². The fraction of sp³-hybridized carbons (Fsp3) is 0.800. The summed E-state index contributed by atoms with van der Waals surface area (Å²) >= 11 is 0. The molecule has 1 saturated carbocycles. The van der Waals surface area contributed by atoms with Crippen molar-refractivity contribution in [2.45, 2.75) is 51.1 Å². The molecule has 0 radical (unpaired) electrons. The largest absolute Gasteiger partial charge is 0.342 e. The Kier molecular flexibility index (Phi) is 8.29. The molecule has 8 heteroatoms. The molecule has 0 aromatic carbocycles. The number of hydrogen-bond acceptors (Lipinski definition) is 4. The standard InChI is InChI=1S/C15H25N5O.2ClH/c16-14-5-1-4-13(14)7-15(21)19-6-2-3-12(8-19)9-20-11-17-10-18-20;;/h10-14H,1-9,16H2;2*1H/t12?,13-,14+;;/m0../s1. The molecule has 2 heterocycles. The number of aromatic nitrogens is 3. The van der Waals surface area contributed by atoms with Crippen LogP contribution in [0.15, 0.2) is 12.7 Å². The molecule has 2 N–H and O–H groups in total. The van der Waals surface area contributed by atoms with E-state index in [2.05, 4.69) is 10.1 Å². The molecule has 0 spiro atoms. The van der Waals surface area contributed by atoms with Crippen LogP contribution in [0.3, 0.4) is 0 Å². The first-order valence-electron chi connectivity index (χ1n) is 8.08. The molecule has 1 amide bonds. The van der Waals surface area contributed by atoms with Gasteiger partial charge >= 0.3 is 0 Å². The van der Waals surface area contributed by atoms with Crippen molar-refractivity contribution in [2.75, 3.05) is 13.1 Å². The topological polar surface area (TPSA) is 77.0 Å². The third kappa shape index (κ3) is 5.33. The lowest BCUT2D eigenvalue weighted by Crippen LogP contribution is -2.42. The van der Waals surface area contributed by atoms with E-state index in [-0.39, 0.29) is 30.9 Å². The van der Waals surface area contributed by atoms with E-state index in [0.29, 0.717) is 24.2 Å². The van der Waals surface area contributed by atoms with Crippen molar-refractivity contribution in [3.8, 4) is 0 Å². The van der Waals surface area contributed by atoms with Gasteiger partial charge in [0.15, 0.2) is 0 Å². The number of nitrogens with two attached hydrogens (primary N) is 1. The maximum absolute atomic E-state index is 12.5. The number of piperidine rings is 1. The predicted molar refractivity (Wildman–Crippen MR) is 93.8 cm³/mol. The van der Waals surface area contributed by atoms with Crippen LogP contribution in [0.1, 0.15) is 38.5 Å². The summed E-state index contributed by atoms with van der Waals surface area (Å²) in [6.45, 7) is 2.60. The highest BCUT2D eigenvalue weighted by atomic mass is 35.5. The molecule has 132 valence electrons. The molecular weight excluding hydrogens is 337 g/mol. The first kappa shape index (κ1) is 20.2. The van der Waals surface area contributed by atoms with Crippen LogP contribution < -0.4 is 5.73 Å². The molecule has 0 bridgehead atoms. The van der Waals surface area contributed by atoms with Crippen LogP contribution in [-0.4, -0.2) is 44.7 Å². The second-order valence-electron chi connectivity index (χ2n) is 6.52. The Bertz CT molecular complexity index is 470. The van der Waals surface area contributed by atoms with Gasteiger partial charge in [-0.25, -0.2) is 4.98 Å². The van der Waals surface area contributed by atoms with E-state index in [1.165, 1.54) is 6.42 Å². The minimum absolute atomic E-state index is 0. The number of carbonyl (C=O) groups is 1. The van der Waals surface area contributed by atoms with Crippen molar-refractivity contribution in [2.24, 2.45) is 17.6 Å². The first-order valence-corrected chi connectivity index (χ1v) is 8.08. The summed E-state index contributed by atoms with van der Waals surface area (Å²) in [6.07, 6.45) is 9.56. The van der Waals surface area contributed by atoms with Crippen molar-refractivity contribution in [3.63, 3.8) is 0 Å². The Morgan fingerprint density at radius 1 is 1.22 bits per heavy atom. The SMILES string of the molecule is Cl.Cl.N[C@@H]1CCC[C@H]1CC(=O)N1CCCC(Cn2cncn2)C1. The average molecular weight is 364 g/mol. The zero-order chi connectivity index (χ0) is 14.7. The van der Waals surface area contributed by atoms with Gasteiger partial charge in [-0.15, -0.1) is 24.8 Å². The number of nitrogens with zero attached hydrogens (tertiary/aromatic N) is 4. The maximum atomic E-state index is 12.5. The Labute approximate surface area is 150 Å². The Balaban J connectivity index is 0.00000132. The van der Waals surface area contributed by atoms with E-state index in [1.54, 1.807) is 12.7 Å². The molecule has 2 fully saturated rings.